The van der Waals surface area contributed by atoms with E-state index in [0.29, 0.717) is 6.54 Å². The van der Waals surface area contributed by atoms with E-state index >= 15 is 0 Å². The van der Waals surface area contributed by atoms with Gasteiger partial charge in [-0.15, -0.1) is 0 Å². The molecule has 0 saturated carbocycles. The number of likely N-dealkylation sites (tertiary alicyclic amines) is 1. The summed E-state index contributed by atoms with van der Waals surface area (Å²) in [7, 11) is 1.43. The third kappa shape index (κ3) is 3.18. The molecule has 1 aliphatic rings. The van der Waals surface area contributed by atoms with Crippen molar-refractivity contribution in [3.63, 3.8) is 0 Å². The minimum absolute atomic E-state index is 0.0232. The van der Waals surface area contributed by atoms with Gasteiger partial charge in [0.15, 0.2) is 0 Å². The van der Waals surface area contributed by atoms with E-state index in [1.165, 1.54) is 7.11 Å². The molecule has 1 N–H and O–H groups in total. The van der Waals surface area contributed by atoms with Crippen LogP contribution in [0.1, 0.15) is 26.7 Å². The van der Waals surface area contributed by atoms with Crippen molar-refractivity contribution in [2.45, 2.75) is 38.8 Å². The SMILES string of the molecule is COC(=O)C1CCCN(C(C)C(C)O)C1. The number of ether oxygens (including phenoxy) is 1. The van der Waals surface area contributed by atoms with Crippen molar-refractivity contribution < 1.29 is 14.6 Å². The number of hydrogen-bond acceptors (Lipinski definition) is 4. The molecule has 1 saturated heterocycles. The van der Waals surface area contributed by atoms with E-state index < -0.39 is 0 Å². The predicted octanol–water partition coefficient (Wildman–Crippen LogP) is 0.641. The Bertz CT molecular complexity index is 218. The van der Waals surface area contributed by atoms with Crippen molar-refractivity contribution in [2.24, 2.45) is 5.92 Å². The number of aliphatic hydroxyl groups is 1. The van der Waals surface area contributed by atoms with Gasteiger partial charge in [0.25, 0.3) is 0 Å². The zero-order chi connectivity index (χ0) is 11.4. The van der Waals surface area contributed by atoms with Gasteiger partial charge in [0.1, 0.15) is 0 Å². The van der Waals surface area contributed by atoms with Crippen LogP contribution in [0.5, 0.6) is 0 Å². The molecule has 3 unspecified atom stereocenters. The summed E-state index contributed by atoms with van der Waals surface area (Å²) in [5.74, 6) is -0.151. The molecule has 1 heterocycles. The number of methoxy groups -OCH3 is 1. The fourth-order valence-corrected chi connectivity index (χ4v) is 2.04. The first-order chi connectivity index (χ1) is 7.06. The van der Waals surface area contributed by atoms with Crippen molar-refractivity contribution in [1.82, 2.24) is 4.90 Å². The molecule has 0 radical (unpaired) electrons. The van der Waals surface area contributed by atoms with Crippen LogP contribution in [-0.4, -0.2) is 48.3 Å². The molecule has 0 spiro atoms. The lowest BCUT2D eigenvalue weighted by atomic mass is 9.96. The van der Waals surface area contributed by atoms with Crippen LogP contribution in [0.4, 0.5) is 0 Å². The Labute approximate surface area is 91.2 Å². The second-order valence-corrected chi connectivity index (χ2v) is 4.34. The zero-order valence-electron chi connectivity index (χ0n) is 9.77. The average molecular weight is 215 g/mol. The number of aliphatic hydroxyl groups excluding tert-OH is 1. The summed E-state index contributed by atoms with van der Waals surface area (Å²) in [5, 5.41) is 9.50. The van der Waals surface area contributed by atoms with Crippen molar-refractivity contribution >= 4 is 5.97 Å². The van der Waals surface area contributed by atoms with Crippen molar-refractivity contribution in [2.75, 3.05) is 20.2 Å². The molecule has 1 rings (SSSR count). The monoisotopic (exact) mass is 215 g/mol. The van der Waals surface area contributed by atoms with E-state index in [1.54, 1.807) is 6.92 Å². The molecule has 0 aromatic heterocycles. The van der Waals surface area contributed by atoms with Crippen LogP contribution in [-0.2, 0) is 9.53 Å². The van der Waals surface area contributed by atoms with E-state index in [-0.39, 0.29) is 24.0 Å². The topological polar surface area (TPSA) is 49.8 Å². The van der Waals surface area contributed by atoms with Gasteiger partial charge in [-0.1, -0.05) is 0 Å². The molecule has 88 valence electrons. The van der Waals surface area contributed by atoms with E-state index in [4.69, 9.17) is 4.74 Å². The van der Waals surface area contributed by atoms with Crippen LogP contribution in [0.25, 0.3) is 0 Å². The second kappa shape index (κ2) is 5.47. The Morgan fingerprint density at radius 1 is 1.53 bits per heavy atom. The van der Waals surface area contributed by atoms with Gasteiger partial charge >= 0.3 is 5.97 Å². The van der Waals surface area contributed by atoms with Crippen LogP contribution in [0.15, 0.2) is 0 Å². The fraction of sp³-hybridized carbons (Fsp3) is 0.909. The molecule has 0 amide bonds. The van der Waals surface area contributed by atoms with Gasteiger partial charge in [0, 0.05) is 12.6 Å². The first-order valence-electron chi connectivity index (χ1n) is 5.56. The lowest BCUT2D eigenvalue weighted by molar-refractivity contribution is -0.148. The number of carbonyl (C=O) groups excluding carboxylic acids is 1. The highest BCUT2D eigenvalue weighted by Gasteiger charge is 2.29. The van der Waals surface area contributed by atoms with Crippen LogP contribution in [0.2, 0.25) is 0 Å². The molecule has 3 atom stereocenters. The maximum atomic E-state index is 11.4. The Morgan fingerprint density at radius 2 is 2.20 bits per heavy atom. The van der Waals surface area contributed by atoms with Gasteiger partial charge in [-0.05, 0) is 33.2 Å². The van der Waals surface area contributed by atoms with E-state index in [1.807, 2.05) is 6.92 Å². The fourth-order valence-electron chi connectivity index (χ4n) is 2.04. The lowest BCUT2D eigenvalue weighted by Crippen LogP contribution is -2.47. The molecular formula is C11H21NO3. The highest BCUT2D eigenvalue weighted by Crippen LogP contribution is 2.20. The summed E-state index contributed by atoms with van der Waals surface area (Å²) < 4.78 is 4.75. The molecule has 1 fully saturated rings. The third-order valence-corrected chi connectivity index (χ3v) is 3.26. The summed E-state index contributed by atoms with van der Waals surface area (Å²) in [6.45, 7) is 5.44. The Kier molecular flexibility index (Phi) is 4.54. The molecule has 15 heavy (non-hydrogen) atoms. The number of piperidine rings is 1. The average Bonchev–Trinajstić information content (AvgIpc) is 2.27. The second-order valence-electron chi connectivity index (χ2n) is 4.34. The molecule has 0 aromatic rings. The van der Waals surface area contributed by atoms with Crippen LogP contribution >= 0.6 is 0 Å². The number of carbonyl (C=O) groups is 1. The summed E-state index contributed by atoms with van der Waals surface area (Å²) in [4.78, 5) is 13.6. The molecule has 4 nitrogen and oxygen atoms in total. The highest BCUT2D eigenvalue weighted by molar-refractivity contribution is 5.72. The Morgan fingerprint density at radius 3 is 2.73 bits per heavy atom. The number of nitrogens with zero attached hydrogens (tertiary/aromatic N) is 1. The normalized spacial score (nSPS) is 27.1. The lowest BCUT2D eigenvalue weighted by Gasteiger charge is -2.36. The molecule has 0 bridgehead atoms. The van der Waals surface area contributed by atoms with E-state index in [2.05, 4.69) is 4.90 Å². The quantitative estimate of drug-likeness (QED) is 0.702. The first-order valence-corrected chi connectivity index (χ1v) is 5.56. The summed E-state index contributed by atoms with van der Waals surface area (Å²) in [5.41, 5.74) is 0. The van der Waals surface area contributed by atoms with Crippen LogP contribution in [0, 0.1) is 5.92 Å². The van der Waals surface area contributed by atoms with Gasteiger partial charge < -0.3 is 9.84 Å². The highest BCUT2D eigenvalue weighted by atomic mass is 16.5. The third-order valence-electron chi connectivity index (χ3n) is 3.26. The van der Waals surface area contributed by atoms with E-state index in [9.17, 15) is 9.90 Å². The number of rotatable bonds is 3. The molecule has 4 heteroatoms. The van der Waals surface area contributed by atoms with Crippen molar-refractivity contribution in [3.05, 3.63) is 0 Å². The molecular weight excluding hydrogens is 194 g/mol. The Balaban J connectivity index is 2.52. The van der Waals surface area contributed by atoms with E-state index in [0.717, 1.165) is 19.4 Å². The smallest absolute Gasteiger partial charge is 0.309 e. The van der Waals surface area contributed by atoms with Gasteiger partial charge in [0.05, 0.1) is 19.1 Å². The number of esters is 1. The molecule has 0 aliphatic carbocycles. The first kappa shape index (κ1) is 12.5. The summed E-state index contributed by atoms with van der Waals surface area (Å²) in [6, 6.07) is 0.109. The van der Waals surface area contributed by atoms with Gasteiger partial charge in [-0.3, -0.25) is 9.69 Å². The van der Waals surface area contributed by atoms with Gasteiger partial charge in [0.2, 0.25) is 0 Å². The molecule has 1 aliphatic heterocycles. The number of hydrogen-bond donors (Lipinski definition) is 1. The van der Waals surface area contributed by atoms with Gasteiger partial charge in [-0.25, -0.2) is 0 Å². The van der Waals surface area contributed by atoms with Crippen molar-refractivity contribution in [1.29, 1.82) is 0 Å². The summed E-state index contributed by atoms with van der Waals surface area (Å²) >= 11 is 0. The molecule has 0 aromatic carbocycles. The van der Waals surface area contributed by atoms with Crippen LogP contribution in [0.3, 0.4) is 0 Å². The Hall–Kier alpha value is -0.610. The zero-order valence-corrected chi connectivity index (χ0v) is 9.77. The largest absolute Gasteiger partial charge is 0.469 e. The minimum atomic E-state index is -0.360. The minimum Gasteiger partial charge on any atom is -0.469 e. The van der Waals surface area contributed by atoms with Gasteiger partial charge in [-0.2, -0.15) is 0 Å². The van der Waals surface area contributed by atoms with Crippen LogP contribution < -0.4 is 0 Å². The predicted molar refractivity (Wildman–Crippen MR) is 57.5 cm³/mol. The standard InChI is InChI=1S/C11H21NO3/c1-8(9(2)13)12-6-4-5-10(7-12)11(14)15-3/h8-10,13H,4-7H2,1-3H3. The van der Waals surface area contributed by atoms with Crippen molar-refractivity contribution in [3.8, 4) is 0 Å². The summed E-state index contributed by atoms with van der Waals surface area (Å²) in [6.07, 6.45) is 1.54. The maximum Gasteiger partial charge on any atom is 0.309 e. The maximum absolute atomic E-state index is 11.4.